The molecule has 1 aliphatic rings. The SMILES string of the molecule is CC1CCN(CCNC(=O)Cc2coc3ccc4ccccc4c23)CC1. The fraction of sp³-hybridized carbons (Fsp3) is 0.409. The summed E-state index contributed by atoms with van der Waals surface area (Å²) in [7, 11) is 0. The number of nitrogens with zero attached hydrogens (tertiary/aromatic N) is 1. The summed E-state index contributed by atoms with van der Waals surface area (Å²) in [6.45, 7) is 6.26. The summed E-state index contributed by atoms with van der Waals surface area (Å²) in [5.41, 5.74) is 1.80. The predicted octanol–water partition coefficient (Wildman–Crippen LogP) is 3.98. The first-order valence-electron chi connectivity index (χ1n) is 9.57. The molecule has 0 unspecified atom stereocenters. The van der Waals surface area contributed by atoms with E-state index < -0.39 is 0 Å². The van der Waals surface area contributed by atoms with Crippen LogP contribution in [0.2, 0.25) is 0 Å². The first-order valence-corrected chi connectivity index (χ1v) is 9.57. The van der Waals surface area contributed by atoms with Gasteiger partial charge in [-0.05, 0) is 48.7 Å². The molecule has 2 aromatic carbocycles. The van der Waals surface area contributed by atoms with Crippen molar-refractivity contribution in [3.63, 3.8) is 0 Å². The number of likely N-dealkylation sites (tertiary alicyclic amines) is 1. The Labute approximate surface area is 154 Å². The highest BCUT2D eigenvalue weighted by atomic mass is 16.3. The second kappa shape index (κ2) is 7.50. The molecule has 4 rings (SSSR count). The highest BCUT2D eigenvalue weighted by Crippen LogP contribution is 2.30. The highest BCUT2D eigenvalue weighted by molar-refractivity contribution is 6.08. The van der Waals surface area contributed by atoms with Crippen molar-refractivity contribution in [2.75, 3.05) is 26.2 Å². The topological polar surface area (TPSA) is 45.5 Å². The van der Waals surface area contributed by atoms with E-state index >= 15 is 0 Å². The number of carbonyl (C=O) groups excluding carboxylic acids is 1. The summed E-state index contributed by atoms with van der Waals surface area (Å²) in [4.78, 5) is 14.9. The molecule has 26 heavy (non-hydrogen) atoms. The van der Waals surface area contributed by atoms with E-state index in [2.05, 4.69) is 35.3 Å². The van der Waals surface area contributed by atoms with Crippen LogP contribution < -0.4 is 5.32 Å². The average Bonchev–Trinajstić information content (AvgIpc) is 3.07. The van der Waals surface area contributed by atoms with Crippen molar-refractivity contribution < 1.29 is 9.21 Å². The van der Waals surface area contributed by atoms with Gasteiger partial charge in [0.2, 0.25) is 5.91 Å². The molecule has 1 aromatic heterocycles. The molecular weight excluding hydrogens is 324 g/mol. The second-order valence-corrected chi connectivity index (χ2v) is 7.47. The van der Waals surface area contributed by atoms with Crippen LogP contribution >= 0.6 is 0 Å². The van der Waals surface area contributed by atoms with Crippen molar-refractivity contribution in [2.24, 2.45) is 5.92 Å². The maximum absolute atomic E-state index is 12.4. The lowest BCUT2D eigenvalue weighted by atomic mass is 9.99. The lowest BCUT2D eigenvalue weighted by Gasteiger charge is -2.30. The first kappa shape index (κ1) is 17.1. The zero-order valence-electron chi connectivity index (χ0n) is 15.3. The van der Waals surface area contributed by atoms with Crippen LogP contribution in [-0.2, 0) is 11.2 Å². The molecular formula is C22H26N2O2. The van der Waals surface area contributed by atoms with Gasteiger partial charge in [0.1, 0.15) is 5.58 Å². The minimum atomic E-state index is 0.0611. The summed E-state index contributed by atoms with van der Waals surface area (Å²) in [5.74, 6) is 0.899. The summed E-state index contributed by atoms with van der Waals surface area (Å²) >= 11 is 0. The van der Waals surface area contributed by atoms with Crippen LogP contribution in [0.5, 0.6) is 0 Å². The van der Waals surface area contributed by atoms with Gasteiger partial charge in [-0.1, -0.05) is 37.3 Å². The van der Waals surface area contributed by atoms with E-state index in [1.165, 1.54) is 18.2 Å². The number of fused-ring (bicyclic) bond motifs is 3. The molecule has 0 bridgehead atoms. The number of piperidine rings is 1. The Kier molecular flexibility index (Phi) is 4.93. The van der Waals surface area contributed by atoms with Crippen LogP contribution in [0.1, 0.15) is 25.3 Å². The van der Waals surface area contributed by atoms with Crippen molar-refractivity contribution in [1.82, 2.24) is 10.2 Å². The van der Waals surface area contributed by atoms with Crippen molar-refractivity contribution in [1.29, 1.82) is 0 Å². The minimum Gasteiger partial charge on any atom is -0.464 e. The first-order chi connectivity index (χ1) is 12.7. The van der Waals surface area contributed by atoms with Gasteiger partial charge in [-0.2, -0.15) is 0 Å². The Morgan fingerprint density at radius 1 is 1.19 bits per heavy atom. The third-order valence-corrected chi connectivity index (χ3v) is 5.52. The number of hydrogen-bond acceptors (Lipinski definition) is 3. The third kappa shape index (κ3) is 3.61. The molecule has 0 saturated carbocycles. The number of rotatable bonds is 5. The Morgan fingerprint density at radius 3 is 2.85 bits per heavy atom. The molecule has 0 radical (unpaired) electrons. The number of carbonyl (C=O) groups is 1. The summed E-state index contributed by atoms with van der Waals surface area (Å²) in [5, 5.41) is 6.44. The molecule has 4 nitrogen and oxygen atoms in total. The molecule has 1 fully saturated rings. The van der Waals surface area contributed by atoms with E-state index in [0.29, 0.717) is 13.0 Å². The normalized spacial score (nSPS) is 16.3. The van der Waals surface area contributed by atoms with E-state index in [1.807, 2.05) is 18.2 Å². The number of amides is 1. The van der Waals surface area contributed by atoms with Gasteiger partial charge in [0, 0.05) is 24.0 Å². The average molecular weight is 350 g/mol. The van der Waals surface area contributed by atoms with Gasteiger partial charge in [-0.3, -0.25) is 4.79 Å². The van der Waals surface area contributed by atoms with Crippen molar-refractivity contribution in [3.8, 4) is 0 Å². The van der Waals surface area contributed by atoms with Crippen LogP contribution in [0.25, 0.3) is 21.7 Å². The number of furan rings is 1. The Bertz CT molecular complexity index is 907. The van der Waals surface area contributed by atoms with Gasteiger partial charge >= 0.3 is 0 Å². The second-order valence-electron chi connectivity index (χ2n) is 7.47. The summed E-state index contributed by atoms with van der Waals surface area (Å²) in [6, 6.07) is 12.3. The van der Waals surface area contributed by atoms with Crippen molar-refractivity contribution >= 4 is 27.6 Å². The van der Waals surface area contributed by atoms with Gasteiger partial charge in [0.15, 0.2) is 0 Å². The Morgan fingerprint density at radius 2 is 2.00 bits per heavy atom. The molecule has 2 heterocycles. The highest BCUT2D eigenvalue weighted by Gasteiger charge is 2.16. The fourth-order valence-electron chi connectivity index (χ4n) is 3.88. The zero-order valence-corrected chi connectivity index (χ0v) is 15.3. The number of benzene rings is 2. The van der Waals surface area contributed by atoms with Crippen molar-refractivity contribution in [3.05, 3.63) is 48.2 Å². The third-order valence-electron chi connectivity index (χ3n) is 5.52. The molecule has 136 valence electrons. The lowest BCUT2D eigenvalue weighted by molar-refractivity contribution is -0.120. The minimum absolute atomic E-state index is 0.0611. The van der Waals surface area contributed by atoms with E-state index in [9.17, 15) is 4.79 Å². The molecule has 1 saturated heterocycles. The molecule has 1 amide bonds. The molecule has 0 atom stereocenters. The van der Waals surface area contributed by atoms with E-state index in [4.69, 9.17) is 4.42 Å². The van der Waals surface area contributed by atoms with E-state index in [-0.39, 0.29) is 5.91 Å². The molecule has 0 spiro atoms. The zero-order chi connectivity index (χ0) is 17.9. The molecule has 3 aromatic rings. The fourth-order valence-corrected chi connectivity index (χ4v) is 3.88. The van der Waals surface area contributed by atoms with E-state index in [1.54, 1.807) is 6.26 Å². The molecule has 0 aliphatic carbocycles. The smallest absolute Gasteiger partial charge is 0.224 e. The van der Waals surface area contributed by atoms with Crippen LogP contribution in [0.3, 0.4) is 0 Å². The number of hydrogen-bond donors (Lipinski definition) is 1. The van der Waals surface area contributed by atoms with Gasteiger partial charge in [0.25, 0.3) is 0 Å². The number of nitrogens with one attached hydrogen (secondary N) is 1. The monoisotopic (exact) mass is 350 g/mol. The van der Waals surface area contributed by atoms with Crippen LogP contribution in [0.15, 0.2) is 47.1 Å². The van der Waals surface area contributed by atoms with Crippen LogP contribution in [-0.4, -0.2) is 37.0 Å². The van der Waals surface area contributed by atoms with Gasteiger partial charge in [-0.25, -0.2) is 0 Å². The van der Waals surface area contributed by atoms with Crippen LogP contribution in [0, 0.1) is 5.92 Å². The lowest BCUT2D eigenvalue weighted by Crippen LogP contribution is -2.39. The van der Waals surface area contributed by atoms with Gasteiger partial charge < -0.3 is 14.6 Å². The van der Waals surface area contributed by atoms with Gasteiger partial charge in [-0.15, -0.1) is 0 Å². The Hall–Kier alpha value is -2.33. The van der Waals surface area contributed by atoms with E-state index in [0.717, 1.165) is 47.5 Å². The maximum Gasteiger partial charge on any atom is 0.224 e. The standard InChI is InChI=1S/C22H26N2O2/c1-16-8-11-24(12-9-16)13-10-23-21(25)14-18-15-26-20-7-6-17-4-2-3-5-19(17)22(18)20/h2-7,15-16H,8-14H2,1H3,(H,23,25). The summed E-state index contributed by atoms with van der Waals surface area (Å²) in [6.07, 6.45) is 4.62. The maximum atomic E-state index is 12.4. The summed E-state index contributed by atoms with van der Waals surface area (Å²) < 4.78 is 5.68. The Balaban J connectivity index is 1.39. The quantitative estimate of drug-likeness (QED) is 0.757. The molecule has 1 aliphatic heterocycles. The van der Waals surface area contributed by atoms with Gasteiger partial charge in [0.05, 0.1) is 12.7 Å². The van der Waals surface area contributed by atoms with Crippen LogP contribution in [0.4, 0.5) is 0 Å². The largest absolute Gasteiger partial charge is 0.464 e. The predicted molar refractivity (Wildman–Crippen MR) is 105 cm³/mol. The molecule has 1 N–H and O–H groups in total. The van der Waals surface area contributed by atoms with Crippen molar-refractivity contribution in [2.45, 2.75) is 26.2 Å². The molecule has 4 heteroatoms.